The minimum atomic E-state index is -0.171. The second kappa shape index (κ2) is 6.73. The molecule has 2 unspecified atom stereocenters. The summed E-state index contributed by atoms with van der Waals surface area (Å²) in [6.07, 6.45) is 1.26. The first-order valence-corrected chi connectivity index (χ1v) is 7.29. The van der Waals surface area contributed by atoms with Crippen LogP contribution in [-0.4, -0.2) is 31.0 Å². The van der Waals surface area contributed by atoms with Crippen molar-refractivity contribution in [3.63, 3.8) is 0 Å². The summed E-state index contributed by atoms with van der Waals surface area (Å²) in [5, 5.41) is 3.27. The molecule has 1 aliphatic rings. The molecule has 1 aromatic carbocycles. The van der Waals surface area contributed by atoms with Crippen LogP contribution in [0.25, 0.3) is 0 Å². The van der Waals surface area contributed by atoms with Crippen molar-refractivity contribution < 1.29 is 4.39 Å². The number of nitrogens with one attached hydrogen (secondary N) is 1. The molecule has 2 rings (SSSR count). The molecule has 3 nitrogen and oxygen atoms in total. The topological polar surface area (TPSA) is 27.6 Å². The van der Waals surface area contributed by atoms with Gasteiger partial charge in [0.2, 0.25) is 0 Å². The van der Waals surface area contributed by atoms with Gasteiger partial charge in [-0.3, -0.25) is 4.99 Å². The molecule has 0 amide bonds. The molecule has 1 fully saturated rings. The van der Waals surface area contributed by atoms with Gasteiger partial charge in [0.05, 0.1) is 0 Å². The van der Waals surface area contributed by atoms with E-state index in [0.717, 1.165) is 19.0 Å². The van der Waals surface area contributed by atoms with Gasteiger partial charge < -0.3 is 10.2 Å². The lowest BCUT2D eigenvalue weighted by Crippen LogP contribution is -2.48. The van der Waals surface area contributed by atoms with Gasteiger partial charge in [-0.1, -0.05) is 32.0 Å². The second-order valence-corrected chi connectivity index (χ2v) is 5.84. The molecule has 2 atom stereocenters. The predicted octanol–water partition coefficient (Wildman–Crippen LogP) is 2.88. The van der Waals surface area contributed by atoms with E-state index in [1.807, 2.05) is 6.07 Å². The Bertz CT molecular complexity index is 463. The Morgan fingerprint density at radius 1 is 1.30 bits per heavy atom. The molecule has 0 aromatic heterocycles. The van der Waals surface area contributed by atoms with Crippen LogP contribution < -0.4 is 5.32 Å². The van der Waals surface area contributed by atoms with Gasteiger partial charge in [0, 0.05) is 32.2 Å². The van der Waals surface area contributed by atoms with E-state index in [1.165, 1.54) is 12.5 Å². The lowest BCUT2D eigenvalue weighted by Gasteiger charge is -2.37. The Morgan fingerprint density at radius 2 is 1.95 bits per heavy atom. The van der Waals surface area contributed by atoms with Gasteiger partial charge in [-0.2, -0.15) is 0 Å². The summed E-state index contributed by atoms with van der Waals surface area (Å²) < 4.78 is 13.6. The maximum absolute atomic E-state index is 13.6. The van der Waals surface area contributed by atoms with E-state index in [1.54, 1.807) is 19.2 Å². The third-order valence-electron chi connectivity index (χ3n) is 3.77. The Kier molecular flexibility index (Phi) is 4.99. The number of benzene rings is 1. The summed E-state index contributed by atoms with van der Waals surface area (Å²) in [7, 11) is 1.79. The normalized spacial score (nSPS) is 23.8. The Balaban J connectivity index is 1.98. The zero-order chi connectivity index (χ0) is 14.5. The van der Waals surface area contributed by atoms with E-state index in [0.29, 0.717) is 23.9 Å². The van der Waals surface area contributed by atoms with E-state index < -0.39 is 0 Å². The van der Waals surface area contributed by atoms with Crippen molar-refractivity contribution in [1.82, 2.24) is 10.2 Å². The van der Waals surface area contributed by atoms with Crippen LogP contribution in [0.3, 0.4) is 0 Å². The van der Waals surface area contributed by atoms with E-state index in [9.17, 15) is 4.39 Å². The Labute approximate surface area is 120 Å². The summed E-state index contributed by atoms with van der Waals surface area (Å²) in [6.45, 7) is 7.04. The van der Waals surface area contributed by atoms with E-state index in [4.69, 9.17) is 0 Å². The standard InChI is InChI=1S/C16H24FN3/c1-12-8-13(2)11-20(10-12)16(18-3)19-9-14-6-4-5-7-15(14)17/h4-7,12-13H,8-11H2,1-3H3,(H,18,19). The number of rotatable bonds is 2. The van der Waals surface area contributed by atoms with Crippen molar-refractivity contribution in [1.29, 1.82) is 0 Å². The lowest BCUT2D eigenvalue weighted by molar-refractivity contribution is 0.208. The molecule has 1 aromatic rings. The maximum atomic E-state index is 13.6. The number of piperidine rings is 1. The van der Waals surface area contributed by atoms with Crippen LogP contribution >= 0.6 is 0 Å². The average molecular weight is 277 g/mol. The van der Waals surface area contributed by atoms with Gasteiger partial charge in [0.25, 0.3) is 0 Å². The van der Waals surface area contributed by atoms with Gasteiger partial charge in [-0.25, -0.2) is 4.39 Å². The first-order chi connectivity index (χ1) is 9.60. The molecule has 1 N–H and O–H groups in total. The second-order valence-electron chi connectivity index (χ2n) is 5.84. The van der Waals surface area contributed by atoms with Gasteiger partial charge in [-0.05, 0) is 24.3 Å². The van der Waals surface area contributed by atoms with Gasteiger partial charge in [0.1, 0.15) is 5.82 Å². The average Bonchev–Trinajstić information content (AvgIpc) is 2.40. The summed E-state index contributed by atoms with van der Waals surface area (Å²) >= 11 is 0. The molecule has 0 spiro atoms. The van der Waals surface area contributed by atoms with Crippen molar-refractivity contribution >= 4 is 5.96 Å². The van der Waals surface area contributed by atoms with E-state index in [-0.39, 0.29) is 5.82 Å². The molecule has 0 aliphatic carbocycles. The maximum Gasteiger partial charge on any atom is 0.193 e. The fraction of sp³-hybridized carbons (Fsp3) is 0.562. The Morgan fingerprint density at radius 3 is 2.55 bits per heavy atom. The number of nitrogens with zero attached hydrogens (tertiary/aromatic N) is 2. The third-order valence-corrected chi connectivity index (χ3v) is 3.77. The molecule has 1 heterocycles. The molecule has 0 saturated carbocycles. The third kappa shape index (κ3) is 3.71. The van der Waals surface area contributed by atoms with Gasteiger partial charge in [0.15, 0.2) is 5.96 Å². The molecule has 110 valence electrons. The van der Waals surface area contributed by atoms with Crippen molar-refractivity contribution in [2.45, 2.75) is 26.8 Å². The van der Waals surface area contributed by atoms with Crippen LogP contribution in [0.15, 0.2) is 29.3 Å². The van der Waals surface area contributed by atoms with Crippen LogP contribution in [0.4, 0.5) is 4.39 Å². The van der Waals surface area contributed by atoms with E-state index >= 15 is 0 Å². The monoisotopic (exact) mass is 277 g/mol. The highest BCUT2D eigenvalue weighted by Gasteiger charge is 2.23. The number of guanidine groups is 1. The van der Waals surface area contributed by atoms with Crippen LogP contribution in [0.1, 0.15) is 25.8 Å². The highest BCUT2D eigenvalue weighted by atomic mass is 19.1. The largest absolute Gasteiger partial charge is 0.352 e. The van der Waals surface area contributed by atoms with Crippen molar-refractivity contribution in [3.05, 3.63) is 35.6 Å². The van der Waals surface area contributed by atoms with Crippen LogP contribution in [0.5, 0.6) is 0 Å². The number of aliphatic imine (C=N–C) groups is 1. The lowest BCUT2D eigenvalue weighted by atomic mass is 9.92. The van der Waals surface area contributed by atoms with Crippen molar-refractivity contribution in [2.24, 2.45) is 16.8 Å². The molecule has 4 heteroatoms. The zero-order valence-electron chi connectivity index (χ0n) is 12.6. The smallest absolute Gasteiger partial charge is 0.193 e. The van der Waals surface area contributed by atoms with Gasteiger partial charge >= 0.3 is 0 Å². The summed E-state index contributed by atoms with van der Waals surface area (Å²) in [4.78, 5) is 6.61. The summed E-state index contributed by atoms with van der Waals surface area (Å²) in [6, 6.07) is 6.86. The van der Waals surface area contributed by atoms with Crippen LogP contribution in [-0.2, 0) is 6.54 Å². The quantitative estimate of drug-likeness (QED) is 0.665. The molecule has 1 saturated heterocycles. The molecular formula is C16H24FN3. The van der Waals surface area contributed by atoms with Crippen LogP contribution in [0.2, 0.25) is 0 Å². The van der Waals surface area contributed by atoms with E-state index in [2.05, 4.69) is 29.1 Å². The van der Waals surface area contributed by atoms with Crippen molar-refractivity contribution in [2.75, 3.05) is 20.1 Å². The highest BCUT2D eigenvalue weighted by Crippen LogP contribution is 2.20. The number of hydrogen-bond donors (Lipinski definition) is 1. The molecule has 1 aliphatic heterocycles. The Hall–Kier alpha value is -1.58. The molecule has 0 bridgehead atoms. The summed E-state index contributed by atoms with van der Waals surface area (Å²) in [5.74, 6) is 2.04. The minimum Gasteiger partial charge on any atom is -0.352 e. The zero-order valence-corrected chi connectivity index (χ0v) is 12.6. The first kappa shape index (κ1) is 14.8. The van der Waals surface area contributed by atoms with Crippen molar-refractivity contribution in [3.8, 4) is 0 Å². The predicted molar refractivity (Wildman–Crippen MR) is 81.1 cm³/mol. The number of halogens is 1. The summed E-state index contributed by atoms with van der Waals surface area (Å²) in [5.41, 5.74) is 0.673. The first-order valence-electron chi connectivity index (χ1n) is 7.29. The number of hydrogen-bond acceptors (Lipinski definition) is 1. The van der Waals surface area contributed by atoms with Crippen LogP contribution in [0, 0.1) is 17.7 Å². The fourth-order valence-electron chi connectivity index (χ4n) is 2.98. The fourth-order valence-corrected chi connectivity index (χ4v) is 2.98. The highest BCUT2D eigenvalue weighted by molar-refractivity contribution is 5.80. The molecule has 20 heavy (non-hydrogen) atoms. The molecule has 0 radical (unpaired) electrons. The van der Waals surface area contributed by atoms with Gasteiger partial charge in [-0.15, -0.1) is 0 Å². The number of likely N-dealkylation sites (tertiary alicyclic amines) is 1. The minimum absolute atomic E-state index is 0.171. The molecular weight excluding hydrogens is 253 g/mol. The SMILES string of the molecule is CN=C(NCc1ccccc1F)N1CC(C)CC(C)C1.